The summed E-state index contributed by atoms with van der Waals surface area (Å²) in [5.41, 5.74) is 0.273. The van der Waals surface area contributed by atoms with E-state index in [4.69, 9.17) is 0 Å². The fourth-order valence-electron chi connectivity index (χ4n) is 2.99. The highest BCUT2D eigenvalue weighted by atomic mass is 19.4. The molecule has 100 valence electrons. The monoisotopic (exact) mass is 257 g/mol. The zero-order valence-electron chi connectivity index (χ0n) is 10.6. The Hall–Kier alpha value is -1.03. The van der Waals surface area contributed by atoms with Crippen molar-refractivity contribution in [3.63, 3.8) is 0 Å². The molecule has 1 nitrogen and oxygen atoms in total. The van der Waals surface area contributed by atoms with Gasteiger partial charge < -0.3 is 5.32 Å². The van der Waals surface area contributed by atoms with Crippen LogP contribution < -0.4 is 5.32 Å². The fourth-order valence-corrected chi connectivity index (χ4v) is 2.99. The van der Waals surface area contributed by atoms with Gasteiger partial charge in [0.2, 0.25) is 0 Å². The van der Waals surface area contributed by atoms with Gasteiger partial charge in [-0.15, -0.1) is 0 Å². The van der Waals surface area contributed by atoms with Crippen molar-refractivity contribution in [3.05, 3.63) is 35.4 Å². The van der Waals surface area contributed by atoms with E-state index < -0.39 is 11.7 Å². The molecule has 0 saturated heterocycles. The Bertz CT molecular complexity index is 414. The van der Waals surface area contributed by atoms with E-state index in [0.717, 1.165) is 24.5 Å². The van der Waals surface area contributed by atoms with Crippen molar-refractivity contribution < 1.29 is 13.2 Å². The highest BCUT2D eigenvalue weighted by Crippen LogP contribution is 2.41. The molecule has 18 heavy (non-hydrogen) atoms. The number of rotatable bonds is 2. The zero-order valence-corrected chi connectivity index (χ0v) is 10.6. The predicted molar refractivity (Wildman–Crippen MR) is 65.4 cm³/mol. The maximum absolute atomic E-state index is 12.7. The molecule has 0 amide bonds. The standard InChI is InChI=1S/C14H18F3N/c1-9-12(6-7-13(9)18-2)10-4-3-5-11(8-10)14(15,16)17/h3-5,8-9,12-13,18H,6-7H2,1-2H3. The normalized spacial score (nSPS) is 28.6. The minimum Gasteiger partial charge on any atom is -0.317 e. The number of nitrogens with one attached hydrogen (secondary N) is 1. The third-order valence-corrected chi connectivity index (χ3v) is 4.07. The molecule has 3 atom stereocenters. The molecule has 2 rings (SSSR count). The summed E-state index contributed by atoms with van der Waals surface area (Å²) in [5, 5.41) is 3.24. The average molecular weight is 257 g/mol. The maximum atomic E-state index is 12.7. The molecule has 0 radical (unpaired) electrons. The Morgan fingerprint density at radius 2 is 1.94 bits per heavy atom. The molecule has 1 aliphatic carbocycles. The molecule has 1 aromatic rings. The second kappa shape index (κ2) is 4.92. The number of benzene rings is 1. The SMILES string of the molecule is CNC1CCC(c2cccc(C(F)(F)F)c2)C1C. The lowest BCUT2D eigenvalue weighted by atomic mass is 9.88. The average Bonchev–Trinajstić information content (AvgIpc) is 2.69. The second-order valence-electron chi connectivity index (χ2n) is 5.06. The van der Waals surface area contributed by atoms with Crippen molar-refractivity contribution in [2.24, 2.45) is 5.92 Å². The van der Waals surface area contributed by atoms with E-state index in [-0.39, 0.29) is 5.92 Å². The summed E-state index contributed by atoms with van der Waals surface area (Å²) in [6.45, 7) is 2.11. The van der Waals surface area contributed by atoms with E-state index in [1.807, 2.05) is 13.1 Å². The van der Waals surface area contributed by atoms with Gasteiger partial charge >= 0.3 is 6.18 Å². The van der Waals surface area contributed by atoms with Gasteiger partial charge in [-0.2, -0.15) is 13.2 Å². The Morgan fingerprint density at radius 1 is 1.22 bits per heavy atom. The van der Waals surface area contributed by atoms with Gasteiger partial charge in [-0.3, -0.25) is 0 Å². The molecule has 0 bridgehead atoms. The minimum absolute atomic E-state index is 0.227. The quantitative estimate of drug-likeness (QED) is 0.849. The van der Waals surface area contributed by atoms with Crippen LogP contribution in [-0.2, 0) is 6.18 Å². The molecule has 1 fully saturated rings. The molecule has 4 heteroatoms. The zero-order chi connectivity index (χ0) is 13.3. The molecule has 0 aromatic heterocycles. The molecule has 1 aliphatic rings. The summed E-state index contributed by atoms with van der Waals surface area (Å²) >= 11 is 0. The van der Waals surface area contributed by atoms with Crippen LogP contribution in [0.15, 0.2) is 24.3 Å². The van der Waals surface area contributed by atoms with Crippen molar-refractivity contribution in [2.45, 2.75) is 37.9 Å². The van der Waals surface area contributed by atoms with Gasteiger partial charge in [-0.25, -0.2) is 0 Å². The molecular weight excluding hydrogens is 239 g/mol. The fraction of sp³-hybridized carbons (Fsp3) is 0.571. The molecule has 0 aliphatic heterocycles. The van der Waals surface area contributed by atoms with E-state index in [2.05, 4.69) is 12.2 Å². The van der Waals surface area contributed by atoms with Crippen LogP contribution in [0.4, 0.5) is 13.2 Å². The molecule has 0 spiro atoms. The lowest BCUT2D eigenvalue weighted by molar-refractivity contribution is -0.137. The van der Waals surface area contributed by atoms with Crippen LogP contribution in [-0.4, -0.2) is 13.1 Å². The molecular formula is C14H18F3N. The van der Waals surface area contributed by atoms with Crippen LogP contribution in [0.1, 0.15) is 36.8 Å². The van der Waals surface area contributed by atoms with Crippen molar-refractivity contribution in [2.75, 3.05) is 7.05 Å². The van der Waals surface area contributed by atoms with E-state index in [0.29, 0.717) is 12.0 Å². The predicted octanol–water partition coefficient (Wildman–Crippen LogP) is 3.81. The summed E-state index contributed by atoms with van der Waals surface area (Å²) in [6, 6.07) is 6.17. The van der Waals surface area contributed by atoms with Gasteiger partial charge in [0.1, 0.15) is 0 Å². The van der Waals surface area contributed by atoms with Crippen LogP contribution in [0, 0.1) is 5.92 Å². The highest BCUT2D eigenvalue weighted by molar-refractivity contribution is 5.29. The van der Waals surface area contributed by atoms with Gasteiger partial charge in [-0.1, -0.05) is 25.1 Å². The summed E-state index contributed by atoms with van der Waals surface area (Å²) < 4.78 is 38.0. The van der Waals surface area contributed by atoms with Gasteiger partial charge in [0.05, 0.1) is 5.56 Å². The first-order valence-corrected chi connectivity index (χ1v) is 6.28. The lowest BCUT2D eigenvalue weighted by Gasteiger charge is -2.21. The first kappa shape index (κ1) is 13.4. The first-order valence-electron chi connectivity index (χ1n) is 6.28. The van der Waals surface area contributed by atoms with E-state index in [1.165, 1.54) is 12.1 Å². The third-order valence-electron chi connectivity index (χ3n) is 4.07. The van der Waals surface area contributed by atoms with Crippen molar-refractivity contribution in [1.82, 2.24) is 5.32 Å². The molecule has 3 unspecified atom stereocenters. The van der Waals surface area contributed by atoms with Crippen molar-refractivity contribution in [3.8, 4) is 0 Å². The molecule has 1 aromatic carbocycles. The number of hydrogen-bond acceptors (Lipinski definition) is 1. The first-order chi connectivity index (χ1) is 8.43. The Kier molecular flexibility index (Phi) is 3.66. The molecule has 0 heterocycles. The topological polar surface area (TPSA) is 12.0 Å². The molecule has 1 saturated carbocycles. The summed E-state index contributed by atoms with van der Waals surface area (Å²) in [4.78, 5) is 0. The van der Waals surface area contributed by atoms with Gasteiger partial charge in [0, 0.05) is 6.04 Å². The van der Waals surface area contributed by atoms with Gasteiger partial charge in [0.15, 0.2) is 0 Å². The molecule has 1 N–H and O–H groups in total. The van der Waals surface area contributed by atoms with E-state index in [9.17, 15) is 13.2 Å². The summed E-state index contributed by atoms with van der Waals surface area (Å²) in [5.74, 6) is 0.600. The van der Waals surface area contributed by atoms with Crippen LogP contribution >= 0.6 is 0 Å². The van der Waals surface area contributed by atoms with Crippen LogP contribution in [0.2, 0.25) is 0 Å². The third kappa shape index (κ3) is 2.53. The van der Waals surface area contributed by atoms with Gasteiger partial charge in [-0.05, 0) is 43.4 Å². The summed E-state index contributed by atoms with van der Waals surface area (Å²) in [6.07, 6.45) is -2.27. The van der Waals surface area contributed by atoms with Crippen LogP contribution in [0.5, 0.6) is 0 Å². The lowest BCUT2D eigenvalue weighted by Crippen LogP contribution is -2.28. The van der Waals surface area contributed by atoms with Crippen molar-refractivity contribution >= 4 is 0 Å². The largest absolute Gasteiger partial charge is 0.416 e. The number of hydrogen-bond donors (Lipinski definition) is 1. The maximum Gasteiger partial charge on any atom is 0.416 e. The second-order valence-corrected chi connectivity index (χ2v) is 5.06. The smallest absolute Gasteiger partial charge is 0.317 e. The number of alkyl halides is 3. The van der Waals surface area contributed by atoms with E-state index in [1.54, 1.807) is 0 Å². The van der Waals surface area contributed by atoms with E-state index >= 15 is 0 Å². The number of halogens is 3. The Labute approximate surface area is 105 Å². The summed E-state index contributed by atoms with van der Waals surface area (Å²) in [7, 11) is 1.91. The Morgan fingerprint density at radius 3 is 2.50 bits per heavy atom. The minimum atomic E-state index is -4.25. The highest BCUT2D eigenvalue weighted by Gasteiger charge is 2.35. The Balaban J connectivity index is 2.25. The van der Waals surface area contributed by atoms with Crippen LogP contribution in [0.3, 0.4) is 0 Å². The van der Waals surface area contributed by atoms with Crippen LogP contribution in [0.25, 0.3) is 0 Å². The van der Waals surface area contributed by atoms with Crippen molar-refractivity contribution in [1.29, 1.82) is 0 Å². The van der Waals surface area contributed by atoms with Gasteiger partial charge in [0.25, 0.3) is 0 Å².